The van der Waals surface area contributed by atoms with Crippen LogP contribution in [-0.4, -0.2) is 44.1 Å². The van der Waals surface area contributed by atoms with E-state index in [1.165, 1.54) is 0 Å². The summed E-state index contributed by atoms with van der Waals surface area (Å²) in [6.45, 7) is 1.67. The molecule has 1 amide bonds. The van der Waals surface area contributed by atoms with Crippen LogP contribution >= 0.6 is 12.4 Å². The molecule has 1 fully saturated rings. The van der Waals surface area contributed by atoms with E-state index in [0.29, 0.717) is 0 Å². The van der Waals surface area contributed by atoms with Gasteiger partial charge in [-0.25, -0.2) is 0 Å². The smallest absolute Gasteiger partial charge is 0.239 e. The summed E-state index contributed by atoms with van der Waals surface area (Å²) in [6, 6.07) is 7.97. The molecule has 1 N–H and O–H groups in total. The molecule has 1 atom stereocenters. The summed E-state index contributed by atoms with van der Waals surface area (Å²) in [7, 11) is 3.55. The van der Waals surface area contributed by atoms with Crippen LogP contribution in [0.4, 0.5) is 0 Å². The van der Waals surface area contributed by atoms with Crippen LogP contribution in [0.2, 0.25) is 0 Å². The standard InChI is InChI=1S/C15H22N2O2.ClH/c1-17(15(18)13-7-5-10-16-13)11-9-12-6-3-4-8-14(12)19-2;/h3-4,6,8,13,16H,5,7,9-11H2,1-2H3;1H/t13-;/m0./s1. The number of likely N-dealkylation sites (N-methyl/N-ethyl adjacent to an activating group) is 1. The van der Waals surface area contributed by atoms with Crippen molar-refractivity contribution in [3.8, 4) is 5.75 Å². The molecule has 1 saturated heterocycles. The van der Waals surface area contributed by atoms with Gasteiger partial charge in [-0.05, 0) is 37.4 Å². The average Bonchev–Trinajstić information content (AvgIpc) is 2.98. The van der Waals surface area contributed by atoms with Crippen molar-refractivity contribution in [3.63, 3.8) is 0 Å². The Morgan fingerprint density at radius 3 is 2.85 bits per heavy atom. The van der Waals surface area contributed by atoms with Crippen LogP contribution in [0.5, 0.6) is 5.75 Å². The molecule has 1 aromatic carbocycles. The quantitative estimate of drug-likeness (QED) is 0.902. The highest BCUT2D eigenvalue weighted by molar-refractivity contribution is 5.85. The first-order valence-electron chi connectivity index (χ1n) is 6.82. The van der Waals surface area contributed by atoms with Crippen LogP contribution in [-0.2, 0) is 11.2 Å². The normalized spacial score (nSPS) is 17.4. The number of nitrogens with zero attached hydrogens (tertiary/aromatic N) is 1. The highest BCUT2D eigenvalue weighted by Gasteiger charge is 2.24. The summed E-state index contributed by atoms with van der Waals surface area (Å²) >= 11 is 0. The second-order valence-electron chi connectivity index (χ2n) is 4.97. The first kappa shape index (κ1) is 16.8. The van der Waals surface area contributed by atoms with Crippen molar-refractivity contribution in [2.45, 2.75) is 25.3 Å². The Balaban J connectivity index is 0.00000200. The number of benzene rings is 1. The summed E-state index contributed by atoms with van der Waals surface area (Å²) in [6.07, 6.45) is 2.87. The summed E-state index contributed by atoms with van der Waals surface area (Å²) in [5, 5.41) is 3.24. The molecule has 1 heterocycles. The Bertz CT molecular complexity index is 434. The van der Waals surface area contributed by atoms with Crippen LogP contribution in [0.15, 0.2) is 24.3 Å². The third kappa shape index (κ3) is 4.12. The first-order chi connectivity index (χ1) is 9.22. The zero-order valence-corrected chi connectivity index (χ0v) is 12.9. The monoisotopic (exact) mass is 298 g/mol. The number of ether oxygens (including phenoxy) is 1. The minimum absolute atomic E-state index is 0. The van der Waals surface area contributed by atoms with Crippen molar-refractivity contribution in [3.05, 3.63) is 29.8 Å². The van der Waals surface area contributed by atoms with Gasteiger partial charge < -0.3 is 15.0 Å². The van der Waals surface area contributed by atoms with Crippen molar-refractivity contribution in [2.75, 3.05) is 27.2 Å². The fourth-order valence-electron chi connectivity index (χ4n) is 2.47. The van der Waals surface area contributed by atoms with Gasteiger partial charge in [-0.15, -0.1) is 12.4 Å². The van der Waals surface area contributed by atoms with E-state index in [2.05, 4.69) is 5.32 Å². The molecule has 0 saturated carbocycles. The van der Waals surface area contributed by atoms with E-state index in [-0.39, 0.29) is 24.4 Å². The van der Waals surface area contributed by atoms with Crippen molar-refractivity contribution in [2.24, 2.45) is 0 Å². The Labute approximate surface area is 126 Å². The summed E-state index contributed by atoms with van der Waals surface area (Å²) in [5.41, 5.74) is 1.14. The highest BCUT2D eigenvalue weighted by Crippen LogP contribution is 2.18. The van der Waals surface area contributed by atoms with Crippen LogP contribution in [0.25, 0.3) is 0 Å². The van der Waals surface area contributed by atoms with Crippen LogP contribution in [0.3, 0.4) is 0 Å². The Kier molecular flexibility index (Phi) is 6.82. The molecule has 0 radical (unpaired) electrons. The molecule has 1 aliphatic rings. The lowest BCUT2D eigenvalue weighted by Crippen LogP contribution is -2.42. The number of para-hydroxylation sites is 1. The van der Waals surface area contributed by atoms with E-state index in [1.807, 2.05) is 36.2 Å². The SMILES string of the molecule is COc1ccccc1CCN(C)C(=O)[C@@H]1CCCN1.Cl. The lowest BCUT2D eigenvalue weighted by molar-refractivity contribution is -0.131. The molecule has 4 nitrogen and oxygen atoms in total. The second kappa shape index (κ2) is 8.12. The third-order valence-corrected chi connectivity index (χ3v) is 3.64. The lowest BCUT2D eigenvalue weighted by atomic mass is 10.1. The maximum absolute atomic E-state index is 12.2. The van der Waals surface area contributed by atoms with Gasteiger partial charge in [-0.3, -0.25) is 4.79 Å². The maximum atomic E-state index is 12.2. The number of hydrogen-bond donors (Lipinski definition) is 1. The van der Waals surface area contributed by atoms with Crippen molar-refractivity contribution < 1.29 is 9.53 Å². The van der Waals surface area contributed by atoms with Gasteiger partial charge in [-0.1, -0.05) is 18.2 Å². The molecule has 1 aliphatic heterocycles. The van der Waals surface area contributed by atoms with Gasteiger partial charge in [0.1, 0.15) is 5.75 Å². The summed E-state index contributed by atoms with van der Waals surface area (Å²) in [4.78, 5) is 14.0. The predicted molar refractivity (Wildman–Crippen MR) is 82.6 cm³/mol. The number of carbonyl (C=O) groups excluding carboxylic acids is 1. The number of rotatable bonds is 5. The largest absolute Gasteiger partial charge is 0.496 e. The number of methoxy groups -OCH3 is 1. The van der Waals surface area contributed by atoms with E-state index in [9.17, 15) is 4.79 Å². The Hall–Kier alpha value is -1.26. The minimum atomic E-state index is 0. The highest BCUT2D eigenvalue weighted by atomic mass is 35.5. The molecular weight excluding hydrogens is 276 g/mol. The van der Waals surface area contributed by atoms with Gasteiger partial charge >= 0.3 is 0 Å². The lowest BCUT2D eigenvalue weighted by Gasteiger charge is -2.21. The third-order valence-electron chi connectivity index (χ3n) is 3.64. The minimum Gasteiger partial charge on any atom is -0.496 e. The molecule has 112 valence electrons. The average molecular weight is 299 g/mol. The van der Waals surface area contributed by atoms with Gasteiger partial charge in [0.05, 0.1) is 13.2 Å². The van der Waals surface area contributed by atoms with Gasteiger partial charge in [0.2, 0.25) is 5.91 Å². The fourth-order valence-corrected chi connectivity index (χ4v) is 2.47. The molecule has 0 aliphatic carbocycles. The Morgan fingerprint density at radius 2 is 2.20 bits per heavy atom. The van der Waals surface area contributed by atoms with E-state index >= 15 is 0 Å². The number of nitrogens with one attached hydrogen (secondary N) is 1. The van der Waals surface area contributed by atoms with Gasteiger partial charge in [0, 0.05) is 13.6 Å². The molecule has 20 heavy (non-hydrogen) atoms. The van der Waals surface area contributed by atoms with E-state index in [0.717, 1.165) is 43.7 Å². The molecule has 0 spiro atoms. The first-order valence-corrected chi connectivity index (χ1v) is 6.82. The molecule has 0 unspecified atom stereocenters. The van der Waals surface area contributed by atoms with E-state index in [1.54, 1.807) is 7.11 Å². The van der Waals surface area contributed by atoms with E-state index < -0.39 is 0 Å². The topological polar surface area (TPSA) is 41.6 Å². The van der Waals surface area contributed by atoms with Crippen molar-refractivity contribution in [1.82, 2.24) is 10.2 Å². The Morgan fingerprint density at radius 1 is 1.45 bits per heavy atom. The zero-order chi connectivity index (χ0) is 13.7. The number of hydrogen-bond acceptors (Lipinski definition) is 3. The second-order valence-corrected chi connectivity index (χ2v) is 4.97. The molecule has 0 bridgehead atoms. The van der Waals surface area contributed by atoms with Crippen LogP contribution in [0, 0.1) is 0 Å². The number of amides is 1. The molecular formula is C15H23ClN2O2. The van der Waals surface area contributed by atoms with Gasteiger partial charge in [-0.2, -0.15) is 0 Å². The number of halogens is 1. The predicted octanol–water partition coefficient (Wildman–Crippen LogP) is 1.87. The van der Waals surface area contributed by atoms with Crippen LogP contribution < -0.4 is 10.1 Å². The van der Waals surface area contributed by atoms with Gasteiger partial charge in [0.15, 0.2) is 0 Å². The molecule has 2 rings (SSSR count). The van der Waals surface area contributed by atoms with Crippen LogP contribution in [0.1, 0.15) is 18.4 Å². The zero-order valence-electron chi connectivity index (χ0n) is 12.1. The van der Waals surface area contributed by atoms with Crippen molar-refractivity contribution >= 4 is 18.3 Å². The summed E-state index contributed by atoms with van der Waals surface area (Å²) < 4.78 is 5.32. The summed E-state index contributed by atoms with van der Waals surface area (Å²) in [5.74, 6) is 1.09. The molecule has 1 aromatic rings. The molecule has 0 aromatic heterocycles. The van der Waals surface area contributed by atoms with E-state index in [4.69, 9.17) is 4.74 Å². The van der Waals surface area contributed by atoms with Gasteiger partial charge in [0.25, 0.3) is 0 Å². The number of carbonyl (C=O) groups is 1. The fraction of sp³-hybridized carbons (Fsp3) is 0.533. The molecule has 5 heteroatoms. The maximum Gasteiger partial charge on any atom is 0.239 e. The van der Waals surface area contributed by atoms with Crippen molar-refractivity contribution in [1.29, 1.82) is 0 Å².